The zero-order valence-electron chi connectivity index (χ0n) is 22.7. The zero-order chi connectivity index (χ0) is 25.3. The molecule has 2 aromatic rings. The molecule has 4 heterocycles. The molecule has 0 unspecified atom stereocenters. The van der Waals surface area contributed by atoms with Crippen LogP contribution in [0.15, 0.2) is 36.2 Å². The highest BCUT2D eigenvalue weighted by Crippen LogP contribution is 2.33. The van der Waals surface area contributed by atoms with Gasteiger partial charge in [-0.1, -0.05) is 45.4 Å². The smallest absolute Gasteiger partial charge is 0.171 e. The van der Waals surface area contributed by atoms with Gasteiger partial charge in [-0.2, -0.15) is 5.10 Å². The van der Waals surface area contributed by atoms with E-state index in [0.717, 1.165) is 54.3 Å². The van der Waals surface area contributed by atoms with Crippen molar-refractivity contribution in [2.24, 2.45) is 0 Å². The number of hydrogen-bond donors (Lipinski definition) is 0. The lowest BCUT2D eigenvalue weighted by Gasteiger charge is -2.38. The summed E-state index contributed by atoms with van der Waals surface area (Å²) in [6, 6.07) is 2.21. The first-order valence-electron chi connectivity index (χ1n) is 12.8. The fraction of sp³-hybridized carbons (Fsp3) is 0.571. The second kappa shape index (κ2) is 12.9. The first kappa shape index (κ1) is 27.8. The van der Waals surface area contributed by atoms with Gasteiger partial charge < -0.3 is 14.4 Å². The molecule has 188 valence electrons. The van der Waals surface area contributed by atoms with Gasteiger partial charge in [-0.15, -0.1) is 0 Å². The van der Waals surface area contributed by atoms with Gasteiger partial charge in [0.05, 0.1) is 30.8 Å². The highest BCUT2D eigenvalue weighted by molar-refractivity contribution is 5.75. The van der Waals surface area contributed by atoms with E-state index in [4.69, 9.17) is 19.6 Å². The highest BCUT2D eigenvalue weighted by Gasteiger charge is 2.39. The minimum Gasteiger partial charge on any atom is -0.370 e. The fourth-order valence-corrected chi connectivity index (χ4v) is 4.34. The van der Waals surface area contributed by atoms with Crippen LogP contribution in [0, 0.1) is 13.8 Å². The first-order valence-corrected chi connectivity index (χ1v) is 12.8. The van der Waals surface area contributed by atoms with Crippen molar-refractivity contribution < 1.29 is 9.47 Å². The number of ether oxygens (including phenoxy) is 2. The first-order chi connectivity index (χ1) is 16.4. The van der Waals surface area contributed by atoms with Crippen LogP contribution in [0.1, 0.15) is 78.1 Å². The summed E-state index contributed by atoms with van der Waals surface area (Å²) in [6.07, 6.45) is 10.00. The Kier molecular flexibility index (Phi) is 10.5. The number of rotatable bonds is 4. The number of piperidine rings is 1. The molecule has 0 bridgehead atoms. The predicted molar refractivity (Wildman–Crippen MR) is 143 cm³/mol. The molecule has 0 aromatic carbocycles. The second-order valence-corrected chi connectivity index (χ2v) is 8.45. The van der Waals surface area contributed by atoms with Crippen LogP contribution in [0.3, 0.4) is 0 Å². The summed E-state index contributed by atoms with van der Waals surface area (Å²) in [5.41, 5.74) is 6.83. The standard InChI is InChI=1S/C24H32N4O2.2C2H6/c1-6-7-21(17(2)3)22-19(5)16-28(26-22)23-18(4)14-20(15-25-23)27-10-8-24(9-11-27)29-12-13-30-24;2*1-2/h6-7,14-16H,8-13H2,1-5H3;2*1-2H3/b7-6-;;. The summed E-state index contributed by atoms with van der Waals surface area (Å²) in [4.78, 5) is 7.15. The second-order valence-electron chi connectivity index (χ2n) is 8.45. The van der Waals surface area contributed by atoms with Crippen molar-refractivity contribution in [2.75, 3.05) is 31.2 Å². The maximum absolute atomic E-state index is 5.85. The molecule has 0 amide bonds. The van der Waals surface area contributed by atoms with E-state index >= 15 is 0 Å². The van der Waals surface area contributed by atoms with Gasteiger partial charge in [-0.3, -0.25) is 0 Å². The Morgan fingerprint density at radius 3 is 2.15 bits per heavy atom. The lowest BCUT2D eigenvalue weighted by Crippen LogP contribution is -2.45. The van der Waals surface area contributed by atoms with Crippen LogP contribution >= 0.6 is 0 Å². The molecule has 0 atom stereocenters. The van der Waals surface area contributed by atoms with Gasteiger partial charge in [0.1, 0.15) is 0 Å². The highest BCUT2D eigenvalue weighted by atomic mass is 16.7. The molecule has 1 spiro atoms. The number of pyridine rings is 1. The van der Waals surface area contributed by atoms with E-state index in [9.17, 15) is 0 Å². The molecule has 34 heavy (non-hydrogen) atoms. The van der Waals surface area contributed by atoms with E-state index < -0.39 is 0 Å². The van der Waals surface area contributed by atoms with Crippen molar-refractivity contribution in [3.05, 3.63) is 53.0 Å². The van der Waals surface area contributed by atoms with Crippen molar-refractivity contribution in [3.63, 3.8) is 0 Å². The number of hydrogen-bond acceptors (Lipinski definition) is 5. The Balaban J connectivity index is 0.000000970. The molecular weight excluding hydrogens is 424 g/mol. The Morgan fingerprint density at radius 2 is 1.62 bits per heavy atom. The Morgan fingerprint density at radius 1 is 1.00 bits per heavy atom. The molecule has 0 saturated carbocycles. The molecule has 0 radical (unpaired) electrons. The molecule has 6 heteroatoms. The van der Waals surface area contributed by atoms with Crippen molar-refractivity contribution in [3.8, 4) is 5.82 Å². The molecule has 0 N–H and O–H groups in total. The van der Waals surface area contributed by atoms with Gasteiger partial charge in [0.15, 0.2) is 11.6 Å². The quantitative estimate of drug-likeness (QED) is 0.470. The largest absolute Gasteiger partial charge is 0.370 e. The molecule has 6 nitrogen and oxygen atoms in total. The van der Waals surface area contributed by atoms with Gasteiger partial charge in [-0.05, 0) is 51.8 Å². The summed E-state index contributed by atoms with van der Waals surface area (Å²) >= 11 is 0. The molecule has 2 fully saturated rings. The van der Waals surface area contributed by atoms with Crippen LogP contribution in [-0.4, -0.2) is 46.9 Å². The third-order valence-corrected chi connectivity index (χ3v) is 5.98. The third-order valence-electron chi connectivity index (χ3n) is 5.98. The molecule has 2 aliphatic rings. The van der Waals surface area contributed by atoms with E-state index in [-0.39, 0.29) is 5.79 Å². The van der Waals surface area contributed by atoms with Gasteiger partial charge in [-0.25, -0.2) is 9.67 Å². The van der Waals surface area contributed by atoms with Crippen LogP contribution in [-0.2, 0) is 9.47 Å². The van der Waals surface area contributed by atoms with E-state index in [1.165, 1.54) is 11.1 Å². The molecule has 2 aliphatic heterocycles. The van der Waals surface area contributed by atoms with Gasteiger partial charge in [0, 0.05) is 37.7 Å². The van der Waals surface area contributed by atoms with Gasteiger partial charge in [0.2, 0.25) is 0 Å². The summed E-state index contributed by atoms with van der Waals surface area (Å²) in [5.74, 6) is 0.523. The zero-order valence-corrected chi connectivity index (χ0v) is 22.7. The Bertz CT molecular complexity index is 970. The van der Waals surface area contributed by atoms with Crippen LogP contribution in [0.25, 0.3) is 11.4 Å². The minimum atomic E-state index is -0.350. The van der Waals surface area contributed by atoms with Gasteiger partial charge >= 0.3 is 0 Å². The van der Waals surface area contributed by atoms with E-state index in [0.29, 0.717) is 13.2 Å². The van der Waals surface area contributed by atoms with Gasteiger partial charge in [0.25, 0.3) is 0 Å². The topological polar surface area (TPSA) is 52.4 Å². The SMILES string of the molecule is C/C=C\C(=C(C)C)c1nn(-c2ncc(N3CCC4(CC3)OCCO4)cc2C)cc1C.CC.CC. The predicted octanol–water partition coefficient (Wildman–Crippen LogP) is 6.65. The molecule has 0 aliphatic carbocycles. The number of allylic oxidation sites excluding steroid dienone is 4. The van der Waals surface area contributed by atoms with Crippen LogP contribution in [0.5, 0.6) is 0 Å². The van der Waals surface area contributed by atoms with Crippen molar-refractivity contribution in [1.82, 2.24) is 14.8 Å². The summed E-state index contributed by atoms with van der Waals surface area (Å²) < 4.78 is 13.6. The van der Waals surface area contributed by atoms with E-state index in [1.807, 2.05) is 45.5 Å². The molecular formula is C28H44N4O2. The van der Waals surface area contributed by atoms with Crippen molar-refractivity contribution in [2.45, 2.75) is 80.9 Å². The van der Waals surface area contributed by atoms with Crippen LogP contribution in [0.2, 0.25) is 0 Å². The molecule has 2 aromatic heterocycles. The number of aromatic nitrogens is 3. The lowest BCUT2D eigenvalue weighted by atomic mass is 10.0. The van der Waals surface area contributed by atoms with Crippen molar-refractivity contribution >= 4 is 11.3 Å². The lowest BCUT2D eigenvalue weighted by molar-refractivity contribution is -0.169. The summed E-state index contributed by atoms with van der Waals surface area (Å²) in [6.45, 7) is 21.7. The van der Waals surface area contributed by atoms with Crippen molar-refractivity contribution in [1.29, 1.82) is 0 Å². The average molecular weight is 469 g/mol. The van der Waals surface area contributed by atoms with E-state index in [2.05, 4.69) is 57.0 Å². The number of anilines is 1. The van der Waals surface area contributed by atoms with Crippen LogP contribution in [0.4, 0.5) is 5.69 Å². The summed E-state index contributed by atoms with van der Waals surface area (Å²) in [5, 5.41) is 4.87. The maximum Gasteiger partial charge on any atom is 0.171 e. The monoisotopic (exact) mass is 468 g/mol. The van der Waals surface area contributed by atoms with E-state index in [1.54, 1.807) is 0 Å². The molecule has 4 rings (SSSR count). The fourth-order valence-electron chi connectivity index (χ4n) is 4.34. The Labute approximate surface area is 206 Å². The minimum absolute atomic E-state index is 0.350. The normalized spacial score (nSPS) is 16.7. The third kappa shape index (κ3) is 6.16. The molecule has 2 saturated heterocycles. The maximum atomic E-state index is 5.85. The van der Waals surface area contributed by atoms with Crippen LogP contribution < -0.4 is 4.90 Å². The Hall–Kier alpha value is -2.44. The number of nitrogens with zero attached hydrogens (tertiary/aromatic N) is 4. The number of aryl methyl sites for hydroxylation is 2. The summed E-state index contributed by atoms with van der Waals surface area (Å²) in [7, 11) is 0. The average Bonchev–Trinajstić information content (AvgIpc) is 3.47.